The highest BCUT2D eigenvalue weighted by atomic mass is 32.1. The molecule has 0 spiro atoms. The van der Waals surface area contributed by atoms with Crippen molar-refractivity contribution in [2.75, 3.05) is 6.54 Å². The zero-order chi connectivity index (χ0) is 11.5. The standard InChI is InChI=1S/C9H13N3O3S/c10-4-6-2-1-3-7(6)15-9-11-5-8(16-9)12(13)14/h5-7H,1-4,10H2. The van der Waals surface area contributed by atoms with E-state index >= 15 is 0 Å². The second-order valence-corrected chi connectivity index (χ2v) is 4.78. The van der Waals surface area contributed by atoms with Crippen LogP contribution in [-0.4, -0.2) is 22.6 Å². The van der Waals surface area contributed by atoms with Crippen LogP contribution in [0.15, 0.2) is 6.20 Å². The molecule has 0 saturated heterocycles. The van der Waals surface area contributed by atoms with Crippen molar-refractivity contribution >= 4 is 16.3 Å². The predicted octanol–water partition coefficient (Wildman–Crippen LogP) is 1.56. The Morgan fingerprint density at radius 3 is 3.12 bits per heavy atom. The first-order chi connectivity index (χ1) is 7.70. The van der Waals surface area contributed by atoms with Crippen molar-refractivity contribution in [3.05, 3.63) is 16.3 Å². The Labute approximate surface area is 96.6 Å². The Bertz CT molecular complexity index is 382. The second-order valence-electron chi connectivity index (χ2n) is 3.80. The minimum Gasteiger partial charge on any atom is -0.466 e. The highest BCUT2D eigenvalue weighted by molar-refractivity contribution is 7.16. The molecule has 0 aromatic carbocycles. The molecule has 16 heavy (non-hydrogen) atoms. The van der Waals surface area contributed by atoms with E-state index in [2.05, 4.69) is 4.98 Å². The van der Waals surface area contributed by atoms with Crippen LogP contribution in [0.1, 0.15) is 19.3 Å². The number of thiazole rings is 1. The van der Waals surface area contributed by atoms with E-state index in [0.717, 1.165) is 30.6 Å². The number of aromatic nitrogens is 1. The van der Waals surface area contributed by atoms with Gasteiger partial charge >= 0.3 is 5.00 Å². The molecule has 2 N–H and O–H groups in total. The molecule has 6 nitrogen and oxygen atoms in total. The van der Waals surface area contributed by atoms with Crippen molar-refractivity contribution in [2.45, 2.75) is 25.4 Å². The summed E-state index contributed by atoms with van der Waals surface area (Å²) in [5.41, 5.74) is 5.63. The monoisotopic (exact) mass is 243 g/mol. The molecule has 0 amide bonds. The lowest BCUT2D eigenvalue weighted by molar-refractivity contribution is -0.380. The summed E-state index contributed by atoms with van der Waals surface area (Å²) in [5, 5.41) is 10.9. The van der Waals surface area contributed by atoms with Crippen LogP contribution in [0.2, 0.25) is 0 Å². The Kier molecular flexibility index (Phi) is 3.35. The summed E-state index contributed by atoms with van der Waals surface area (Å²) in [5.74, 6) is 0.350. The average Bonchev–Trinajstić information content (AvgIpc) is 2.87. The van der Waals surface area contributed by atoms with Crippen molar-refractivity contribution in [1.29, 1.82) is 0 Å². The van der Waals surface area contributed by atoms with Crippen LogP contribution in [-0.2, 0) is 0 Å². The van der Waals surface area contributed by atoms with E-state index in [0.29, 0.717) is 17.7 Å². The summed E-state index contributed by atoms with van der Waals surface area (Å²) in [6.45, 7) is 0.595. The van der Waals surface area contributed by atoms with E-state index in [1.54, 1.807) is 0 Å². The van der Waals surface area contributed by atoms with Crippen LogP contribution in [0.25, 0.3) is 0 Å². The van der Waals surface area contributed by atoms with Crippen molar-refractivity contribution in [3.63, 3.8) is 0 Å². The highest BCUT2D eigenvalue weighted by Crippen LogP contribution is 2.33. The number of rotatable bonds is 4. The number of hydrogen-bond acceptors (Lipinski definition) is 6. The van der Waals surface area contributed by atoms with Crippen molar-refractivity contribution < 1.29 is 9.66 Å². The molecule has 0 bridgehead atoms. The van der Waals surface area contributed by atoms with E-state index in [4.69, 9.17) is 10.5 Å². The molecule has 2 atom stereocenters. The second kappa shape index (κ2) is 4.75. The normalized spacial score (nSPS) is 24.6. The van der Waals surface area contributed by atoms with Crippen LogP contribution in [0, 0.1) is 16.0 Å². The largest absolute Gasteiger partial charge is 0.466 e. The van der Waals surface area contributed by atoms with Gasteiger partial charge in [-0.3, -0.25) is 10.1 Å². The van der Waals surface area contributed by atoms with Crippen molar-refractivity contribution in [2.24, 2.45) is 11.7 Å². The smallest absolute Gasteiger partial charge is 0.347 e. The Morgan fingerprint density at radius 1 is 1.69 bits per heavy atom. The molecule has 1 aliphatic carbocycles. The maximum Gasteiger partial charge on any atom is 0.347 e. The summed E-state index contributed by atoms with van der Waals surface area (Å²) in [6, 6.07) is 0. The van der Waals surface area contributed by atoms with Gasteiger partial charge in [0.25, 0.3) is 5.19 Å². The zero-order valence-electron chi connectivity index (χ0n) is 8.67. The Hall–Kier alpha value is -1.21. The van der Waals surface area contributed by atoms with E-state index < -0.39 is 4.92 Å². The van der Waals surface area contributed by atoms with Gasteiger partial charge in [0.15, 0.2) is 0 Å². The van der Waals surface area contributed by atoms with Crippen LogP contribution in [0.4, 0.5) is 5.00 Å². The molecule has 1 aromatic heterocycles. The summed E-state index contributed by atoms with van der Waals surface area (Å²) >= 11 is 0.967. The minimum atomic E-state index is -0.459. The first-order valence-electron chi connectivity index (χ1n) is 5.17. The SMILES string of the molecule is NCC1CCCC1Oc1ncc([N+](=O)[O-])s1. The molecule has 0 aliphatic heterocycles. The van der Waals surface area contributed by atoms with E-state index in [9.17, 15) is 10.1 Å². The van der Waals surface area contributed by atoms with Gasteiger partial charge in [-0.25, -0.2) is 4.98 Å². The van der Waals surface area contributed by atoms with Crippen molar-refractivity contribution in [3.8, 4) is 5.19 Å². The summed E-state index contributed by atoms with van der Waals surface area (Å²) in [6.07, 6.45) is 4.41. The lowest BCUT2D eigenvalue weighted by Gasteiger charge is -2.17. The number of hydrogen-bond donors (Lipinski definition) is 1. The number of nitro groups is 1. The topological polar surface area (TPSA) is 91.3 Å². The maximum atomic E-state index is 10.5. The first kappa shape index (κ1) is 11.3. The van der Waals surface area contributed by atoms with Gasteiger partial charge in [0.1, 0.15) is 12.3 Å². The van der Waals surface area contributed by atoms with Crippen LogP contribution in [0.5, 0.6) is 5.19 Å². The number of ether oxygens (including phenoxy) is 1. The van der Waals surface area contributed by atoms with E-state index in [-0.39, 0.29) is 11.1 Å². The molecule has 88 valence electrons. The Morgan fingerprint density at radius 2 is 2.50 bits per heavy atom. The van der Waals surface area contributed by atoms with Gasteiger partial charge in [0.05, 0.1) is 4.92 Å². The van der Waals surface area contributed by atoms with Crippen LogP contribution < -0.4 is 10.5 Å². The summed E-state index contributed by atoms with van der Waals surface area (Å²) in [7, 11) is 0. The van der Waals surface area contributed by atoms with Gasteiger partial charge in [-0.15, -0.1) is 0 Å². The van der Waals surface area contributed by atoms with Gasteiger partial charge in [0.2, 0.25) is 0 Å². The summed E-state index contributed by atoms with van der Waals surface area (Å²) in [4.78, 5) is 13.9. The molecule has 2 rings (SSSR count). The molecule has 2 unspecified atom stereocenters. The fourth-order valence-corrected chi connectivity index (χ4v) is 2.58. The fourth-order valence-electron chi connectivity index (χ4n) is 1.95. The average molecular weight is 243 g/mol. The van der Waals surface area contributed by atoms with E-state index in [1.165, 1.54) is 6.20 Å². The minimum absolute atomic E-state index is 0.0114. The van der Waals surface area contributed by atoms with Gasteiger partial charge < -0.3 is 10.5 Å². The number of nitrogens with two attached hydrogens (primary N) is 1. The maximum absolute atomic E-state index is 10.5. The lowest BCUT2D eigenvalue weighted by atomic mass is 10.1. The zero-order valence-corrected chi connectivity index (χ0v) is 9.48. The summed E-state index contributed by atoms with van der Waals surface area (Å²) < 4.78 is 5.63. The molecule has 7 heteroatoms. The lowest BCUT2D eigenvalue weighted by Crippen LogP contribution is -2.27. The molecule has 1 fully saturated rings. The van der Waals surface area contributed by atoms with Gasteiger partial charge in [-0.05, 0) is 37.1 Å². The molecule has 0 radical (unpaired) electrons. The third-order valence-corrected chi connectivity index (χ3v) is 3.64. The third kappa shape index (κ3) is 2.30. The molecular weight excluding hydrogens is 230 g/mol. The first-order valence-corrected chi connectivity index (χ1v) is 5.99. The molecule has 1 saturated carbocycles. The molecule has 1 heterocycles. The Balaban J connectivity index is 2.00. The fraction of sp³-hybridized carbons (Fsp3) is 0.667. The third-order valence-electron chi connectivity index (χ3n) is 2.80. The van der Waals surface area contributed by atoms with Crippen LogP contribution in [0.3, 0.4) is 0 Å². The van der Waals surface area contributed by atoms with Gasteiger partial charge in [-0.2, -0.15) is 0 Å². The predicted molar refractivity (Wildman–Crippen MR) is 59.6 cm³/mol. The molecule has 1 aromatic rings. The highest BCUT2D eigenvalue weighted by Gasteiger charge is 2.29. The molecular formula is C9H13N3O3S. The molecule has 1 aliphatic rings. The van der Waals surface area contributed by atoms with Gasteiger partial charge in [-0.1, -0.05) is 0 Å². The number of nitrogens with zero attached hydrogens (tertiary/aromatic N) is 2. The quantitative estimate of drug-likeness (QED) is 0.640. The van der Waals surface area contributed by atoms with Crippen LogP contribution >= 0.6 is 11.3 Å². The van der Waals surface area contributed by atoms with E-state index in [1.807, 2.05) is 0 Å². The van der Waals surface area contributed by atoms with Crippen molar-refractivity contribution in [1.82, 2.24) is 4.98 Å². The van der Waals surface area contributed by atoms with Gasteiger partial charge in [0, 0.05) is 5.92 Å².